The van der Waals surface area contributed by atoms with Crippen LogP contribution in [0, 0.1) is 13.8 Å². The summed E-state index contributed by atoms with van der Waals surface area (Å²) in [6.45, 7) is 5.83. The Labute approximate surface area is 142 Å². The molecule has 7 heteroatoms. The fraction of sp³-hybridized carbons (Fsp3) is 0.471. The van der Waals surface area contributed by atoms with Crippen LogP contribution in [0.5, 0.6) is 0 Å². The number of sulfonamides is 1. The highest BCUT2D eigenvalue weighted by Crippen LogP contribution is 2.27. The van der Waals surface area contributed by atoms with E-state index in [9.17, 15) is 8.42 Å². The first-order chi connectivity index (χ1) is 11.4. The second-order valence-electron chi connectivity index (χ2n) is 6.22. The van der Waals surface area contributed by atoms with Gasteiger partial charge in [-0.2, -0.15) is 4.31 Å². The molecule has 2 unspecified atom stereocenters. The van der Waals surface area contributed by atoms with E-state index in [4.69, 9.17) is 9.26 Å². The van der Waals surface area contributed by atoms with Crippen molar-refractivity contribution in [2.75, 3.05) is 13.2 Å². The number of hydrogen-bond donors (Lipinski definition) is 0. The third kappa shape index (κ3) is 3.24. The highest BCUT2D eigenvalue weighted by atomic mass is 32.2. The second-order valence-corrected chi connectivity index (χ2v) is 8.05. The lowest BCUT2D eigenvalue weighted by molar-refractivity contribution is -0.0265. The molecule has 2 aromatic rings. The van der Waals surface area contributed by atoms with Crippen LogP contribution < -0.4 is 0 Å². The van der Waals surface area contributed by atoms with Gasteiger partial charge < -0.3 is 9.26 Å². The molecule has 1 fully saturated rings. The van der Waals surface area contributed by atoms with E-state index in [0.717, 1.165) is 5.56 Å². The van der Waals surface area contributed by atoms with Crippen molar-refractivity contribution in [3.05, 3.63) is 47.3 Å². The van der Waals surface area contributed by atoms with Gasteiger partial charge in [0.2, 0.25) is 10.0 Å². The fourth-order valence-corrected chi connectivity index (χ4v) is 5.03. The third-order valence-corrected chi connectivity index (χ3v) is 6.51. The number of hydrogen-bond acceptors (Lipinski definition) is 5. The van der Waals surface area contributed by atoms with E-state index in [-0.39, 0.29) is 17.0 Å². The predicted octanol–water partition coefficient (Wildman–Crippen LogP) is 2.31. The van der Waals surface area contributed by atoms with Crippen molar-refractivity contribution in [3.8, 4) is 0 Å². The first-order valence-electron chi connectivity index (χ1n) is 8.00. The lowest BCUT2D eigenvalue weighted by Crippen LogP contribution is -2.51. The molecule has 0 radical (unpaired) electrons. The summed E-state index contributed by atoms with van der Waals surface area (Å²) in [5.74, 6) is 0.325. The van der Waals surface area contributed by atoms with Crippen LogP contribution in [0.15, 0.2) is 39.8 Å². The molecule has 3 rings (SSSR count). The van der Waals surface area contributed by atoms with Crippen LogP contribution in [-0.2, 0) is 21.2 Å². The molecule has 130 valence electrons. The molecule has 1 aliphatic rings. The van der Waals surface area contributed by atoms with Crippen LogP contribution in [0.3, 0.4) is 0 Å². The lowest BCUT2D eigenvalue weighted by Gasteiger charge is -2.37. The first kappa shape index (κ1) is 17.1. The smallest absolute Gasteiger partial charge is 0.248 e. The SMILES string of the molecule is Cc1noc(C)c1S(=O)(=O)N1CC(Cc2ccccc2)OCC1C. The van der Waals surface area contributed by atoms with Crippen molar-refractivity contribution in [2.24, 2.45) is 0 Å². The number of rotatable bonds is 4. The maximum atomic E-state index is 13.1. The van der Waals surface area contributed by atoms with Crippen LogP contribution >= 0.6 is 0 Å². The van der Waals surface area contributed by atoms with Gasteiger partial charge in [0.15, 0.2) is 5.76 Å². The summed E-state index contributed by atoms with van der Waals surface area (Å²) in [6, 6.07) is 9.72. The molecule has 24 heavy (non-hydrogen) atoms. The minimum absolute atomic E-state index is 0.168. The summed E-state index contributed by atoms with van der Waals surface area (Å²) in [7, 11) is -3.66. The molecule has 0 spiro atoms. The number of benzene rings is 1. The Hall–Kier alpha value is -1.70. The molecule has 0 saturated carbocycles. The molecule has 2 atom stereocenters. The molecule has 0 N–H and O–H groups in total. The van der Waals surface area contributed by atoms with E-state index < -0.39 is 10.0 Å². The van der Waals surface area contributed by atoms with Crippen molar-refractivity contribution in [3.63, 3.8) is 0 Å². The van der Waals surface area contributed by atoms with Gasteiger partial charge in [0.25, 0.3) is 0 Å². The average Bonchev–Trinajstić information content (AvgIpc) is 2.89. The van der Waals surface area contributed by atoms with Gasteiger partial charge >= 0.3 is 0 Å². The molecule has 2 heterocycles. The molecule has 0 amide bonds. The van der Waals surface area contributed by atoms with Crippen molar-refractivity contribution >= 4 is 10.0 Å². The zero-order valence-electron chi connectivity index (χ0n) is 14.1. The van der Waals surface area contributed by atoms with E-state index in [1.807, 2.05) is 37.3 Å². The molecule has 1 aliphatic heterocycles. The number of nitrogens with zero attached hydrogens (tertiary/aromatic N) is 2. The summed E-state index contributed by atoms with van der Waals surface area (Å²) in [5, 5.41) is 3.78. The second kappa shape index (κ2) is 6.66. The number of aromatic nitrogens is 1. The van der Waals surface area contributed by atoms with E-state index in [1.54, 1.807) is 13.8 Å². The van der Waals surface area contributed by atoms with Crippen LogP contribution in [-0.4, -0.2) is 43.2 Å². The van der Waals surface area contributed by atoms with Gasteiger partial charge in [-0.3, -0.25) is 0 Å². The van der Waals surface area contributed by atoms with E-state index in [1.165, 1.54) is 4.31 Å². The molecular formula is C17H22N2O4S. The van der Waals surface area contributed by atoms with Gasteiger partial charge in [0, 0.05) is 12.6 Å². The van der Waals surface area contributed by atoms with Gasteiger partial charge in [-0.25, -0.2) is 8.42 Å². The summed E-state index contributed by atoms with van der Waals surface area (Å²) >= 11 is 0. The first-order valence-corrected chi connectivity index (χ1v) is 9.44. The fourth-order valence-electron chi connectivity index (χ4n) is 3.09. The highest BCUT2D eigenvalue weighted by molar-refractivity contribution is 7.89. The lowest BCUT2D eigenvalue weighted by atomic mass is 10.1. The normalized spacial score (nSPS) is 22.6. The van der Waals surface area contributed by atoms with Gasteiger partial charge in [-0.05, 0) is 32.8 Å². The molecular weight excluding hydrogens is 328 g/mol. The zero-order chi connectivity index (χ0) is 17.3. The number of ether oxygens (including phenoxy) is 1. The molecule has 0 bridgehead atoms. The van der Waals surface area contributed by atoms with Crippen molar-refractivity contribution in [1.82, 2.24) is 9.46 Å². The molecule has 0 aliphatic carbocycles. The minimum atomic E-state index is -3.66. The Bertz CT molecular complexity index is 782. The Balaban J connectivity index is 1.84. The Morgan fingerprint density at radius 3 is 2.58 bits per heavy atom. The Kier molecular flexibility index (Phi) is 4.76. The molecule has 1 aromatic carbocycles. The van der Waals surface area contributed by atoms with Crippen molar-refractivity contribution in [1.29, 1.82) is 0 Å². The number of morpholine rings is 1. The third-order valence-electron chi connectivity index (χ3n) is 4.29. The Morgan fingerprint density at radius 1 is 1.25 bits per heavy atom. The van der Waals surface area contributed by atoms with Crippen molar-refractivity contribution in [2.45, 2.75) is 44.2 Å². The van der Waals surface area contributed by atoms with Gasteiger partial charge in [0.1, 0.15) is 10.6 Å². The van der Waals surface area contributed by atoms with Gasteiger partial charge in [-0.15, -0.1) is 0 Å². The average molecular weight is 350 g/mol. The maximum Gasteiger partial charge on any atom is 0.248 e. The molecule has 6 nitrogen and oxygen atoms in total. The van der Waals surface area contributed by atoms with Crippen LogP contribution in [0.25, 0.3) is 0 Å². The summed E-state index contributed by atoms with van der Waals surface area (Å²) in [4.78, 5) is 0.176. The highest BCUT2D eigenvalue weighted by Gasteiger charge is 2.38. The molecule has 1 aromatic heterocycles. The zero-order valence-corrected chi connectivity index (χ0v) is 14.9. The molecule has 1 saturated heterocycles. The standard InChI is InChI=1S/C17H22N2O4S/c1-12-11-22-16(9-15-7-5-4-6-8-15)10-19(12)24(20,21)17-13(2)18-23-14(17)3/h4-8,12,16H,9-11H2,1-3H3. The van der Waals surface area contributed by atoms with Crippen LogP contribution in [0.2, 0.25) is 0 Å². The summed E-state index contributed by atoms with van der Waals surface area (Å²) in [5.41, 5.74) is 1.53. The van der Waals surface area contributed by atoms with Gasteiger partial charge in [0.05, 0.1) is 12.7 Å². The topological polar surface area (TPSA) is 72.6 Å². The van der Waals surface area contributed by atoms with Crippen molar-refractivity contribution < 1.29 is 17.7 Å². The van der Waals surface area contributed by atoms with E-state index in [0.29, 0.717) is 31.0 Å². The van der Waals surface area contributed by atoms with Crippen LogP contribution in [0.1, 0.15) is 23.9 Å². The van der Waals surface area contributed by atoms with Crippen LogP contribution in [0.4, 0.5) is 0 Å². The Morgan fingerprint density at radius 2 is 1.96 bits per heavy atom. The maximum absolute atomic E-state index is 13.1. The summed E-state index contributed by atoms with van der Waals surface area (Å²) < 4.78 is 38.5. The number of aryl methyl sites for hydroxylation is 2. The van der Waals surface area contributed by atoms with Gasteiger partial charge in [-0.1, -0.05) is 35.5 Å². The predicted molar refractivity (Wildman–Crippen MR) is 89.2 cm³/mol. The van der Waals surface area contributed by atoms with E-state index >= 15 is 0 Å². The quantitative estimate of drug-likeness (QED) is 0.846. The largest absolute Gasteiger partial charge is 0.375 e. The monoisotopic (exact) mass is 350 g/mol. The van der Waals surface area contributed by atoms with E-state index in [2.05, 4.69) is 5.16 Å². The summed E-state index contributed by atoms with van der Waals surface area (Å²) in [6.07, 6.45) is 0.514. The minimum Gasteiger partial charge on any atom is -0.375 e.